The van der Waals surface area contributed by atoms with Gasteiger partial charge in [-0.2, -0.15) is 8.78 Å². The molecule has 0 rings (SSSR count). The van der Waals surface area contributed by atoms with E-state index in [1.165, 1.54) is 30.7 Å². The minimum atomic E-state index is -5.49. The molecule has 7 heteroatoms. The second kappa shape index (κ2) is 13.9. The monoisotopic (exact) mass is 387 g/mol. The van der Waals surface area contributed by atoms with Crippen molar-refractivity contribution in [3.8, 4) is 0 Å². The molecule has 0 N–H and O–H groups in total. The SMILES string of the molecule is CCCCCCCCCC(F)(F)S(=O)(=O)[O-].CC[N+](CC)(CC)CC. The molecular formula is C18H39F2NO3S. The normalized spacial score (nSPS) is 12.6. The van der Waals surface area contributed by atoms with Crippen molar-refractivity contribution >= 4 is 10.1 Å². The molecule has 4 nitrogen and oxygen atoms in total. The van der Waals surface area contributed by atoms with Crippen LogP contribution in [-0.2, 0) is 10.1 Å². The summed E-state index contributed by atoms with van der Waals surface area (Å²) < 4.78 is 57.1. The van der Waals surface area contributed by atoms with Gasteiger partial charge in [-0.15, -0.1) is 0 Å². The Labute approximate surface area is 154 Å². The van der Waals surface area contributed by atoms with Crippen LogP contribution in [0, 0.1) is 0 Å². The van der Waals surface area contributed by atoms with E-state index in [2.05, 4.69) is 34.6 Å². The Kier molecular flexibility index (Phi) is 15.0. The highest BCUT2D eigenvalue weighted by Gasteiger charge is 2.36. The maximum absolute atomic E-state index is 12.7. The molecule has 0 saturated heterocycles. The quantitative estimate of drug-likeness (QED) is 0.249. The second-order valence-electron chi connectivity index (χ2n) is 6.57. The Morgan fingerprint density at radius 3 is 1.40 bits per heavy atom. The van der Waals surface area contributed by atoms with Crippen molar-refractivity contribution in [2.45, 2.75) is 91.2 Å². The molecule has 0 aliphatic heterocycles. The van der Waals surface area contributed by atoms with Gasteiger partial charge in [-0.1, -0.05) is 45.4 Å². The Balaban J connectivity index is 0. The van der Waals surface area contributed by atoms with Crippen LogP contribution in [0.5, 0.6) is 0 Å². The molecule has 0 spiro atoms. The first-order chi connectivity index (χ1) is 11.6. The maximum atomic E-state index is 12.7. The van der Waals surface area contributed by atoms with Crippen molar-refractivity contribution in [3.05, 3.63) is 0 Å². The van der Waals surface area contributed by atoms with Crippen molar-refractivity contribution in [2.24, 2.45) is 0 Å². The van der Waals surface area contributed by atoms with Gasteiger partial charge >= 0.3 is 5.25 Å². The van der Waals surface area contributed by atoms with Gasteiger partial charge in [0.1, 0.15) is 0 Å². The van der Waals surface area contributed by atoms with Crippen LogP contribution in [0.2, 0.25) is 0 Å². The lowest BCUT2D eigenvalue weighted by molar-refractivity contribution is -0.921. The van der Waals surface area contributed by atoms with Crippen molar-refractivity contribution in [3.63, 3.8) is 0 Å². The Morgan fingerprint density at radius 2 is 1.12 bits per heavy atom. The highest BCUT2D eigenvalue weighted by molar-refractivity contribution is 7.86. The maximum Gasteiger partial charge on any atom is 0.334 e. The Bertz CT molecular complexity index is 393. The van der Waals surface area contributed by atoms with E-state index in [1.807, 2.05) is 0 Å². The number of hydrogen-bond acceptors (Lipinski definition) is 3. The average Bonchev–Trinajstić information content (AvgIpc) is 2.56. The van der Waals surface area contributed by atoms with Gasteiger partial charge in [0.05, 0.1) is 26.2 Å². The van der Waals surface area contributed by atoms with Gasteiger partial charge in [-0.05, 0) is 34.1 Å². The van der Waals surface area contributed by atoms with Crippen molar-refractivity contribution in [1.29, 1.82) is 0 Å². The van der Waals surface area contributed by atoms with Crippen molar-refractivity contribution < 1.29 is 26.2 Å². The van der Waals surface area contributed by atoms with E-state index in [9.17, 15) is 21.8 Å². The molecule has 0 heterocycles. The summed E-state index contributed by atoms with van der Waals surface area (Å²) in [4.78, 5) is 0. The fraction of sp³-hybridized carbons (Fsp3) is 1.00. The van der Waals surface area contributed by atoms with Gasteiger partial charge in [0.25, 0.3) is 0 Å². The molecule has 154 valence electrons. The number of halogens is 2. The van der Waals surface area contributed by atoms with Crippen LogP contribution in [0.4, 0.5) is 8.78 Å². The second-order valence-corrected chi connectivity index (χ2v) is 8.07. The van der Waals surface area contributed by atoms with Gasteiger partial charge in [0.15, 0.2) is 10.1 Å². The molecular weight excluding hydrogens is 348 g/mol. The van der Waals surface area contributed by atoms with Crippen LogP contribution >= 0.6 is 0 Å². The van der Waals surface area contributed by atoms with Gasteiger partial charge in [-0.3, -0.25) is 0 Å². The molecule has 0 unspecified atom stereocenters. The fourth-order valence-electron chi connectivity index (χ4n) is 2.75. The summed E-state index contributed by atoms with van der Waals surface area (Å²) in [6.07, 6.45) is 4.89. The molecule has 25 heavy (non-hydrogen) atoms. The highest BCUT2D eigenvalue weighted by atomic mass is 32.2. The predicted octanol–water partition coefficient (Wildman–Crippen LogP) is 5.15. The zero-order chi connectivity index (χ0) is 20.0. The number of hydrogen-bond donors (Lipinski definition) is 0. The molecule has 0 bridgehead atoms. The molecule has 0 radical (unpaired) electrons. The Hall–Kier alpha value is -0.270. The third-order valence-electron chi connectivity index (χ3n) is 5.12. The number of rotatable bonds is 13. The van der Waals surface area contributed by atoms with E-state index >= 15 is 0 Å². The molecule has 0 aliphatic carbocycles. The standard InChI is InChI=1S/C10H20F2O3S.C8H20N/c1-2-3-4-5-6-7-8-9-10(11,12)16(13,14)15;1-5-9(6-2,7-3)8-4/h2-9H2,1H3,(H,13,14,15);5-8H2,1-4H3/q;+1/p-1. The third-order valence-corrected chi connectivity index (χ3v) is 6.06. The number of alkyl halides is 2. The predicted molar refractivity (Wildman–Crippen MR) is 99.7 cm³/mol. The molecule has 0 aliphatic rings. The summed E-state index contributed by atoms with van der Waals surface area (Å²) in [7, 11) is -5.49. The topological polar surface area (TPSA) is 57.2 Å². The minimum Gasteiger partial charge on any atom is -0.743 e. The minimum absolute atomic E-state index is 0.0839. The fourth-order valence-corrected chi connectivity index (χ4v) is 3.15. The molecule has 0 fully saturated rings. The molecule has 0 atom stereocenters. The van der Waals surface area contributed by atoms with Gasteiger partial charge < -0.3 is 9.04 Å². The number of nitrogens with zero attached hydrogens (tertiary/aromatic N) is 1. The summed E-state index contributed by atoms with van der Waals surface area (Å²) in [5.74, 6) is 0. The van der Waals surface area contributed by atoms with Crippen LogP contribution in [-0.4, -0.2) is 48.9 Å². The van der Waals surface area contributed by atoms with E-state index in [4.69, 9.17) is 0 Å². The number of quaternary nitrogens is 1. The molecule has 0 aromatic rings. The lowest BCUT2D eigenvalue weighted by atomic mass is 10.1. The van der Waals surface area contributed by atoms with Crippen LogP contribution < -0.4 is 0 Å². The third kappa shape index (κ3) is 11.9. The molecule has 0 aromatic carbocycles. The number of unbranched alkanes of at least 4 members (excludes halogenated alkanes) is 6. The summed E-state index contributed by atoms with van der Waals surface area (Å²) in [5, 5.41) is -4.10. The smallest absolute Gasteiger partial charge is 0.334 e. The summed E-state index contributed by atoms with van der Waals surface area (Å²) in [6.45, 7) is 16.3. The lowest BCUT2D eigenvalue weighted by Crippen LogP contribution is -2.47. The van der Waals surface area contributed by atoms with Crippen molar-refractivity contribution in [2.75, 3.05) is 26.2 Å². The molecule has 0 aromatic heterocycles. The van der Waals surface area contributed by atoms with Gasteiger partial charge in [-0.25, -0.2) is 8.42 Å². The summed E-state index contributed by atoms with van der Waals surface area (Å²) in [5.41, 5.74) is 0. The lowest BCUT2D eigenvalue weighted by Gasteiger charge is -2.34. The Morgan fingerprint density at radius 1 is 0.760 bits per heavy atom. The summed E-state index contributed by atoms with van der Waals surface area (Å²) >= 11 is 0. The van der Waals surface area contributed by atoms with Crippen LogP contribution in [0.3, 0.4) is 0 Å². The van der Waals surface area contributed by atoms with Crippen molar-refractivity contribution in [1.82, 2.24) is 0 Å². The summed E-state index contributed by atoms with van der Waals surface area (Å²) in [6, 6.07) is 0. The van der Waals surface area contributed by atoms with E-state index in [0.29, 0.717) is 6.42 Å². The van der Waals surface area contributed by atoms with E-state index in [1.54, 1.807) is 0 Å². The average molecular weight is 388 g/mol. The van der Waals surface area contributed by atoms with E-state index < -0.39 is 21.8 Å². The van der Waals surface area contributed by atoms with Gasteiger partial charge in [0, 0.05) is 6.42 Å². The van der Waals surface area contributed by atoms with E-state index in [0.717, 1.165) is 32.1 Å². The largest absolute Gasteiger partial charge is 0.743 e. The molecule has 0 amide bonds. The van der Waals surface area contributed by atoms with Gasteiger partial charge in [0.2, 0.25) is 0 Å². The zero-order valence-electron chi connectivity index (χ0n) is 16.8. The van der Waals surface area contributed by atoms with Crippen LogP contribution in [0.1, 0.15) is 86.0 Å². The first-order valence-electron chi connectivity index (χ1n) is 9.74. The van der Waals surface area contributed by atoms with Crippen LogP contribution in [0.15, 0.2) is 0 Å². The zero-order valence-corrected chi connectivity index (χ0v) is 17.6. The van der Waals surface area contributed by atoms with Crippen LogP contribution in [0.25, 0.3) is 0 Å². The first kappa shape index (κ1) is 27.0. The first-order valence-corrected chi connectivity index (χ1v) is 11.1. The highest BCUT2D eigenvalue weighted by Crippen LogP contribution is 2.27. The molecule has 0 saturated carbocycles. The van der Waals surface area contributed by atoms with E-state index in [-0.39, 0.29) is 6.42 Å².